The Hall–Kier alpha value is -2.63. The Bertz CT molecular complexity index is 1140. The summed E-state index contributed by atoms with van der Waals surface area (Å²) in [7, 11) is 1.60. The molecule has 1 aliphatic carbocycles. The van der Waals surface area contributed by atoms with Crippen LogP contribution in [0.25, 0.3) is 5.69 Å². The predicted octanol–water partition coefficient (Wildman–Crippen LogP) is 5.24. The van der Waals surface area contributed by atoms with Crippen LogP contribution >= 0.6 is 11.3 Å². The Morgan fingerprint density at radius 1 is 1.12 bits per heavy atom. The summed E-state index contributed by atoms with van der Waals surface area (Å²) >= 11 is 1.67. The lowest BCUT2D eigenvalue weighted by molar-refractivity contribution is -0.625. The third-order valence-electron chi connectivity index (χ3n) is 6.30. The van der Waals surface area contributed by atoms with Gasteiger partial charge in [0.2, 0.25) is 16.4 Å². The van der Waals surface area contributed by atoms with Gasteiger partial charge in [0.15, 0.2) is 11.5 Å². The van der Waals surface area contributed by atoms with Gasteiger partial charge in [-0.25, -0.2) is 0 Å². The zero-order valence-corrected chi connectivity index (χ0v) is 20.9. The van der Waals surface area contributed by atoms with Gasteiger partial charge in [-0.05, 0) is 63.8 Å². The quantitative estimate of drug-likeness (QED) is 0.273. The van der Waals surface area contributed by atoms with E-state index in [2.05, 4.69) is 44.0 Å². The molecule has 0 aliphatic heterocycles. The van der Waals surface area contributed by atoms with Gasteiger partial charge in [0.05, 0.1) is 12.0 Å². The van der Waals surface area contributed by atoms with Crippen LogP contribution in [0.15, 0.2) is 43.0 Å². The summed E-state index contributed by atoms with van der Waals surface area (Å²) in [6.45, 7) is 10.5. The summed E-state index contributed by atoms with van der Waals surface area (Å²) in [5, 5.41) is 15.0. The average molecular weight is 464 g/mol. The van der Waals surface area contributed by atoms with Crippen molar-refractivity contribution >= 4 is 11.3 Å². The highest BCUT2D eigenvalue weighted by Crippen LogP contribution is 2.39. The molecule has 174 valence electrons. The fourth-order valence-electron chi connectivity index (χ4n) is 4.96. The zero-order chi connectivity index (χ0) is 23.5. The molecule has 4 rings (SSSR count). The SMILES string of the molecule is C=CCOc1c(OC)cccc1C([O-])c1sc2c([n+]1-c1c(C)cc(C)cc1C)CCCCC2. The number of para-hydroxylation sites is 1. The molecule has 1 heterocycles. The summed E-state index contributed by atoms with van der Waals surface area (Å²) < 4.78 is 13.7. The molecule has 0 saturated carbocycles. The summed E-state index contributed by atoms with van der Waals surface area (Å²) in [5.41, 5.74) is 6.69. The van der Waals surface area contributed by atoms with Crippen molar-refractivity contribution in [3.8, 4) is 17.2 Å². The molecule has 0 spiro atoms. The number of aryl methyl sites for hydroxylation is 4. The van der Waals surface area contributed by atoms with Crippen molar-refractivity contribution in [3.63, 3.8) is 0 Å². The minimum absolute atomic E-state index is 0.317. The molecule has 1 unspecified atom stereocenters. The van der Waals surface area contributed by atoms with Gasteiger partial charge >= 0.3 is 0 Å². The van der Waals surface area contributed by atoms with Gasteiger partial charge in [-0.3, -0.25) is 0 Å². The van der Waals surface area contributed by atoms with E-state index in [4.69, 9.17) is 9.47 Å². The molecule has 1 atom stereocenters. The van der Waals surface area contributed by atoms with Crippen LogP contribution in [0.4, 0.5) is 0 Å². The van der Waals surface area contributed by atoms with E-state index >= 15 is 0 Å². The highest BCUT2D eigenvalue weighted by molar-refractivity contribution is 7.11. The smallest absolute Gasteiger partial charge is 0.234 e. The Morgan fingerprint density at radius 2 is 1.85 bits per heavy atom. The van der Waals surface area contributed by atoms with Gasteiger partial charge in [-0.15, -0.1) is 0 Å². The lowest BCUT2D eigenvalue weighted by atomic mass is 10.0. The second-order valence-corrected chi connectivity index (χ2v) is 9.93. The molecule has 33 heavy (non-hydrogen) atoms. The lowest BCUT2D eigenvalue weighted by Gasteiger charge is -2.23. The number of thiazole rings is 1. The van der Waals surface area contributed by atoms with Crippen LogP contribution in [0.3, 0.4) is 0 Å². The van der Waals surface area contributed by atoms with E-state index in [9.17, 15) is 5.11 Å². The number of rotatable bonds is 7. The molecule has 0 radical (unpaired) electrons. The normalized spacial score (nSPS) is 14.3. The first kappa shape index (κ1) is 23.5. The highest BCUT2D eigenvalue weighted by Gasteiger charge is 2.33. The Morgan fingerprint density at radius 3 is 2.55 bits per heavy atom. The first-order valence-electron chi connectivity index (χ1n) is 11.7. The van der Waals surface area contributed by atoms with Crippen LogP contribution in [-0.4, -0.2) is 13.7 Å². The number of ether oxygens (including phenoxy) is 2. The topological polar surface area (TPSA) is 45.4 Å². The minimum Gasteiger partial charge on any atom is -0.840 e. The van der Waals surface area contributed by atoms with Gasteiger partial charge in [0.1, 0.15) is 6.61 Å². The van der Waals surface area contributed by atoms with Crippen LogP contribution in [0.5, 0.6) is 11.5 Å². The highest BCUT2D eigenvalue weighted by atomic mass is 32.1. The van der Waals surface area contributed by atoms with Gasteiger partial charge in [-0.1, -0.05) is 48.1 Å². The molecule has 3 aromatic rings. The molecule has 0 amide bonds. The Balaban J connectivity index is 1.94. The molecule has 0 bridgehead atoms. The van der Waals surface area contributed by atoms with E-state index in [1.54, 1.807) is 24.5 Å². The van der Waals surface area contributed by atoms with E-state index in [0.29, 0.717) is 23.7 Å². The van der Waals surface area contributed by atoms with Crippen molar-refractivity contribution in [1.29, 1.82) is 0 Å². The van der Waals surface area contributed by atoms with Crippen molar-refractivity contribution in [2.45, 2.75) is 59.0 Å². The average Bonchev–Trinajstić information content (AvgIpc) is 2.98. The van der Waals surface area contributed by atoms with Crippen LogP contribution in [0.1, 0.15) is 63.2 Å². The second kappa shape index (κ2) is 10.1. The van der Waals surface area contributed by atoms with E-state index in [1.807, 2.05) is 18.2 Å². The van der Waals surface area contributed by atoms with Crippen LogP contribution in [0.2, 0.25) is 0 Å². The molecule has 0 N–H and O–H groups in total. The predicted molar refractivity (Wildman–Crippen MR) is 132 cm³/mol. The number of benzene rings is 2. The molecular formula is C28H33NO3S. The number of aromatic nitrogens is 1. The molecule has 1 aliphatic rings. The first-order valence-corrected chi connectivity index (χ1v) is 12.5. The maximum absolute atomic E-state index is 14.2. The monoisotopic (exact) mass is 463 g/mol. The van der Waals surface area contributed by atoms with E-state index in [1.165, 1.54) is 40.1 Å². The van der Waals surface area contributed by atoms with E-state index in [-0.39, 0.29) is 0 Å². The fraction of sp³-hybridized carbons (Fsp3) is 0.393. The third-order valence-corrected chi connectivity index (χ3v) is 7.59. The summed E-state index contributed by atoms with van der Waals surface area (Å²) in [5.74, 6) is 1.08. The van der Waals surface area contributed by atoms with E-state index < -0.39 is 6.10 Å². The van der Waals surface area contributed by atoms with Crippen LogP contribution in [-0.2, 0) is 12.8 Å². The minimum atomic E-state index is -1.09. The molecule has 0 fully saturated rings. The number of hydrogen-bond acceptors (Lipinski definition) is 4. The summed E-state index contributed by atoms with van der Waals surface area (Å²) in [4.78, 5) is 1.35. The van der Waals surface area contributed by atoms with Gasteiger partial charge < -0.3 is 14.6 Å². The third kappa shape index (κ3) is 4.57. The number of nitrogens with zero attached hydrogens (tertiary/aromatic N) is 1. The van der Waals surface area contributed by atoms with Crippen LogP contribution < -0.4 is 19.1 Å². The van der Waals surface area contributed by atoms with Gasteiger partial charge in [0, 0.05) is 23.7 Å². The Labute approximate surface area is 201 Å². The molecule has 0 saturated heterocycles. The number of fused-ring (bicyclic) bond motifs is 1. The molecule has 5 heteroatoms. The number of methoxy groups -OCH3 is 1. The molecule has 2 aromatic carbocycles. The maximum Gasteiger partial charge on any atom is 0.234 e. The maximum atomic E-state index is 14.2. The molecular weight excluding hydrogens is 430 g/mol. The summed E-state index contributed by atoms with van der Waals surface area (Å²) in [6, 6.07) is 9.99. The van der Waals surface area contributed by atoms with Crippen molar-refractivity contribution < 1.29 is 19.1 Å². The van der Waals surface area contributed by atoms with Crippen molar-refractivity contribution in [3.05, 3.63) is 80.8 Å². The zero-order valence-electron chi connectivity index (χ0n) is 20.1. The van der Waals surface area contributed by atoms with Gasteiger partial charge in [-0.2, -0.15) is 4.57 Å². The second-order valence-electron chi connectivity index (χ2n) is 8.81. The fourth-order valence-corrected chi connectivity index (χ4v) is 6.30. The van der Waals surface area contributed by atoms with Crippen LogP contribution in [0, 0.1) is 20.8 Å². The molecule has 4 nitrogen and oxygen atoms in total. The van der Waals surface area contributed by atoms with Crippen molar-refractivity contribution in [2.24, 2.45) is 0 Å². The first-order chi connectivity index (χ1) is 16.0. The standard InChI is InChI=1S/C28H33NO3S/c1-6-15-32-27-21(11-10-13-23(27)31-5)26(30)28-29(22-12-8-7-9-14-24(22)33-28)25-19(3)16-18(2)17-20(25)4/h6,10-11,13,16-17,26H,1,7-9,12,14-15H2,2-5H3. The molecule has 1 aromatic heterocycles. The van der Waals surface area contributed by atoms with Gasteiger partial charge in [0.25, 0.3) is 0 Å². The van der Waals surface area contributed by atoms with E-state index in [0.717, 1.165) is 30.0 Å². The lowest BCUT2D eigenvalue weighted by Crippen LogP contribution is -2.42. The number of hydrogen-bond donors (Lipinski definition) is 0. The Kier molecular flexibility index (Phi) is 7.20. The van der Waals surface area contributed by atoms with Crippen molar-refractivity contribution in [2.75, 3.05) is 13.7 Å². The summed E-state index contributed by atoms with van der Waals surface area (Å²) in [6.07, 6.45) is 6.20. The van der Waals surface area contributed by atoms with Crippen molar-refractivity contribution in [1.82, 2.24) is 0 Å². The largest absolute Gasteiger partial charge is 0.840 e.